The molecule has 1 atom stereocenters. The van der Waals surface area contributed by atoms with Gasteiger partial charge in [-0.15, -0.1) is 0 Å². The average molecular weight is 285 g/mol. The van der Waals surface area contributed by atoms with E-state index in [-0.39, 0.29) is 5.91 Å². The monoisotopic (exact) mass is 284 g/mol. The average Bonchev–Trinajstić information content (AvgIpc) is 2.37. The summed E-state index contributed by atoms with van der Waals surface area (Å²) in [6.45, 7) is 6.74. The van der Waals surface area contributed by atoms with Crippen LogP contribution in [0.3, 0.4) is 0 Å². The van der Waals surface area contributed by atoms with Gasteiger partial charge in [0.1, 0.15) is 5.75 Å². The molecule has 0 heterocycles. The maximum atomic E-state index is 11.8. The van der Waals surface area contributed by atoms with Gasteiger partial charge in [-0.1, -0.05) is 25.4 Å². The van der Waals surface area contributed by atoms with E-state index in [1.807, 2.05) is 13.8 Å². The van der Waals surface area contributed by atoms with E-state index in [0.717, 1.165) is 5.56 Å². The van der Waals surface area contributed by atoms with E-state index in [4.69, 9.17) is 22.1 Å². The highest BCUT2D eigenvalue weighted by Gasteiger charge is 2.16. The molecule has 0 aliphatic rings. The summed E-state index contributed by atoms with van der Waals surface area (Å²) >= 11 is 5.89. The van der Waals surface area contributed by atoms with Gasteiger partial charge >= 0.3 is 0 Å². The lowest BCUT2D eigenvalue weighted by molar-refractivity contribution is -0.127. The van der Waals surface area contributed by atoms with Gasteiger partial charge in [0.15, 0.2) is 6.10 Å². The van der Waals surface area contributed by atoms with Crippen molar-refractivity contribution in [1.29, 1.82) is 0 Å². The molecule has 0 aromatic heterocycles. The lowest BCUT2D eigenvalue weighted by atomic mass is 10.2. The van der Waals surface area contributed by atoms with E-state index in [9.17, 15) is 4.79 Å². The molecule has 0 saturated carbocycles. The van der Waals surface area contributed by atoms with Gasteiger partial charge in [0.25, 0.3) is 5.91 Å². The molecule has 106 valence electrons. The van der Waals surface area contributed by atoms with Crippen molar-refractivity contribution in [2.75, 3.05) is 6.54 Å². The molecule has 4 nitrogen and oxygen atoms in total. The van der Waals surface area contributed by atoms with Crippen LogP contribution in [-0.2, 0) is 11.3 Å². The zero-order valence-corrected chi connectivity index (χ0v) is 12.3. The number of hydrogen-bond donors (Lipinski definition) is 2. The van der Waals surface area contributed by atoms with Crippen molar-refractivity contribution in [2.24, 2.45) is 11.7 Å². The van der Waals surface area contributed by atoms with Crippen LogP contribution in [-0.4, -0.2) is 18.6 Å². The molecule has 5 heteroatoms. The Morgan fingerprint density at radius 1 is 1.42 bits per heavy atom. The van der Waals surface area contributed by atoms with Crippen molar-refractivity contribution >= 4 is 17.5 Å². The molecule has 1 aromatic rings. The summed E-state index contributed by atoms with van der Waals surface area (Å²) in [7, 11) is 0. The van der Waals surface area contributed by atoms with Crippen LogP contribution in [0.15, 0.2) is 18.2 Å². The number of amides is 1. The molecule has 0 saturated heterocycles. The second-order valence-corrected chi connectivity index (χ2v) is 5.29. The molecule has 0 spiro atoms. The zero-order chi connectivity index (χ0) is 14.4. The molecule has 19 heavy (non-hydrogen) atoms. The summed E-state index contributed by atoms with van der Waals surface area (Å²) in [6, 6.07) is 5.20. The number of benzene rings is 1. The third-order valence-corrected chi connectivity index (χ3v) is 2.84. The lowest BCUT2D eigenvalue weighted by Gasteiger charge is -2.17. The Morgan fingerprint density at radius 3 is 2.68 bits per heavy atom. The maximum Gasteiger partial charge on any atom is 0.260 e. The van der Waals surface area contributed by atoms with E-state index in [1.54, 1.807) is 25.1 Å². The molecule has 1 aromatic carbocycles. The molecular weight excluding hydrogens is 264 g/mol. The molecule has 0 radical (unpaired) electrons. The molecule has 0 fully saturated rings. The van der Waals surface area contributed by atoms with Crippen molar-refractivity contribution in [3.63, 3.8) is 0 Å². The topological polar surface area (TPSA) is 64.3 Å². The van der Waals surface area contributed by atoms with Crippen molar-refractivity contribution in [3.05, 3.63) is 28.8 Å². The van der Waals surface area contributed by atoms with Crippen LogP contribution < -0.4 is 15.8 Å². The van der Waals surface area contributed by atoms with Crippen molar-refractivity contribution in [3.8, 4) is 5.75 Å². The van der Waals surface area contributed by atoms with Crippen LogP contribution in [0.2, 0.25) is 5.02 Å². The number of carbonyl (C=O) groups excluding carboxylic acids is 1. The fourth-order valence-electron chi connectivity index (χ4n) is 1.51. The number of carbonyl (C=O) groups is 1. The van der Waals surface area contributed by atoms with Crippen LogP contribution in [0.5, 0.6) is 5.75 Å². The first-order chi connectivity index (χ1) is 8.93. The van der Waals surface area contributed by atoms with Crippen LogP contribution in [0.1, 0.15) is 26.3 Å². The molecule has 0 aliphatic heterocycles. The second kappa shape index (κ2) is 7.36. The minimum absolute atomic E-state index is 0.133. The van der Waals surface area contributed by atoms with Crippen LogP contribution in [0.4, 0.5) is 0 Å². The molecule has 1 unspecified atom stereocenters. The summed E-state index contributed by atoms with van der Waals surface area (Å²) in [6.07, 6.45) is -0.565. The Morgan fingerprint density at radius 2 is 2.11 bits per heavy atom. The van der Waals surface area contributed by atoms with E-state index in [0.29, 0.717) is 29.8 Å². The maximum absolute atomic E-state index is 11.8. The van der Waals surface area contributed by atoms with Gasteiger partial charge in [0.2, 0.25) is 0 Å². The highest BCUT2D eigenvalue weighted by molar-refractivity contribution is 6.30. The van der Waals surface area contributed by atoms with Crippen LogP contribution in [0.25, 0.3) is 0 Å². The van der Waals surface area contributed by atoms with E-state index in [1.165, 1.54) is 0 Å². The van der Waals surface area contributed by atoms with Gasteiger partial charge in [-0.25, -0.2) is 0 Å². The third kappa shape index (κ3) is 5.09. The predicted octanol–water partition coefficient (Wildman–Crippen LogP) is 2.34. The van der Waals surface area contributed by atoms with Gasteiger partial charge in [0, 0.05) is 23.7 Å². The number of nitrogens with two attached hydrogens (primary N) is 1. The Labute approximate surface area is 119 Å². The minimum Gasteiger partial charge on any atom is -0.481 e. The highest BCUT2D eigenvalue weighted by Crippen LogP contribution is 2.23. The molecule has 0 aliphatic carbocycles. The number of hydrogen-bond acceptors (Lipinski definition) is 3. The first-order valence-electron chi connectivity index (χ1n) is 6.37. The molecule has 3 N–H and O–H groups in total. The smallest absolute Gasteiger partial charge is 0.260 e. The minimum atomic E-state index is -0.565. The molecular formula is C14H21ClN2O2. The van der Waals surface area contributed by atoms with Gasteiger partial charge < -0.3 is 15.8 Å². The summed E-state index contributed by atoms with van der Waals surface area (Å²) in [5, 5.41) is 3.43. The number of halogens is 1. The number of ether oxygens (including phenoxy) is 1. The second-order valence-electron chi connectivity index (χ2n) is 4.86. The fourth-order valence-corrected chi connectivity index (χ4v) is 1.71. The van der Waals surface area contributed by atoms with Crippen LogP contribution >= 0.6 is 11.6 Å². The SMILES string of the molecule is CC(C)CNC(=O)C(C)Oc1ccc(Cl)cc1CN. The molecule has 1 amide bonds. The number of nitrogens with one attached hydrogen (secondary N) is 1. The van der Waals surface area contributed by atoms with Gasteiger partial charge in [-0.2, -0.15) is 0 Å². The lowest BCUT2D eigenvalue weighted by Crippen LogP contribution is -2.38. The number of rotatable bonds is 6. The van der Waals surface area contributed by atoms with Gasteiger partial charge in [-0.3, -0.25) is 4.79 Å². The fraction of sp³-hybridized carbons (Fsp3) is 0.500. The summed E-state index contributed by atoms with van der Waals surface area (Å²) in [4.78, 5) is 11.8. The van der Waals surface area contributed by atoms with Crippen molar-refractivity contribution in [2.45, 2.75) is 33.4 Å². The van der Waals surface area contributed by atoms with Gasteiger partial charge in [-0.05, 0) is 31.0 Å². The Hall–Kier alpha value is -1.26. The first kappa shape index (κ1) is 15.8. The molecule has 0 bridgehead atoms. The predicted molar refractivity (Wildman–Crippen MR) is 77.3 cm³/mol. The zero-order valence-electron chi connectivity index (χ0n) is 11.6. The largest absolute Gasteiger partial charge is 0.481 e. The summed E-state index contributed by atoms with van der Waals surface area (Å²) in [5.41, 5.74) is 6.42. The van der Waals surface area contributed by atoms with Crippen molar-refractivity contribution in [1.82, 2.24) is 5.32 Å². The Balaban J connectivity index is 2.65. The van der Waals surface area contributed by atoms with Crippen molar-refractivity contribution < 1.29 is 9.53 Å². The summed E-state index contributed by atoms with van der Waals surface area (Å²) in [5.74, 6) is 0.872. The highest BCUT2D eigenvalue weighted by atomic mass is 35.5. The third-order valence-electron chi connectivity index (χ3n) is 2.60. The first-order valence-corrected chi connectivity index (χ1v) is 6.74. The normalized spacial score (nSPS) is 12.3. The van der Waals surface area contributed by atoms with E-state index < -0.39 is 6.10 Å². The Bertz CT molecular complexity index is 435. The standard InChI is InChI=1S/C14H21ClN2O2/c1-9(2)8-17-14(18)10(3)19-13-5-4-12(15)6-11(13)7-16/h4-6,9-10H,7-8,16H2,1-3H3,(H,17,18). The Kier molecular flexibility index (Phi) is 6.12. The van der Waals surface area contributed by atoms with E-state index >= 15 is 0 Å². The molecule has 1 rings (SSSR count). The van der Waals surface area contributed by atoms with E-state index in [2.05, 4.69) is 5.32 Å². The quantitative estimate of drug-likeness (QED) is 0.843. The van der Waals surface area contributed by atoms with Crippen LogP contribution in [0, 0.1) is 5.92 Å². The summed E-state index contributed by atoms with van der Waals surface area (Å²) < 4.78 is 5.63. The van der Waals surface area contributed by atoms with Gasteiger partial charge in [0.05, 0.1) is 0 Å².